The first-order valence-corrected chi connectivity index (χ1v) is 15.2. The molecule has 0 fully saturated rings. The van der Waals surface area contributed by atoms with Crippen molar-refractivity contribution in [3.8, 4) is 0 Å². The fourth-order valence-corrected chi connectivity index (χ4v) is 7.21. The molecular weight excluding hydrogens is 554 g/mol. The van der Waals surface area contributed by atoms with E-state index < -0.39 is 5.79 Å². The summed E-state index contributed by atoms with van der Waals surface area (Å²) in [7, 11) is 3.44. The lowest BCUT2D eigenvalue weighted by Gasteiger charge is -2.30. The van der Waals surface area contributed by atoms with Crippen LogP contribution in [0.2, 0.25) is 0 Å². The molecule has 2 aromatic rings. The average Bonchev–Trinajstić information content (AvgIpc) is 3.67. The largest absolute Gasteiger partial charge is 0.355 e. The van der Waals surface area contributed by atoms with Gasteiger partial charge in [-0.15, -0.1) is 12.4 Å². The summed E-state index contributed by atoms with van der Waals surface area (Å²) in [5.74, 6) is -1.10. The van der Waals surface area contributed by atoms with Gasteiger partial charge in [0.2, 0.25) is 5.79 Å². The van der Waals surface area contributed by atoms with Crippen LogP contribution in [0.4, 0.5) is 0 Å². The molecule has 4 aliphatic rings. The van der Waals surface area contributed by atoms with E-state index in [-0.39, 0.29) is 12.4 Å². The molecule has 1 aromatic carbocycles. The summed E-state index contributed by atoms with van der Waals surface area (Å²) in [4.78, 5) is 14.3. The van der Waals surface area contributed by atoms with Crippen LogP contribution in [-0.2, 0) is 22.3 Å². The van der Waals surface area contributed by atoms with Gasteiger partial charge < -0.3 is 14.5 Å². The Balaban J connectivity index is 0.00000368. The maximum atomic E-state index is 6.34. The van der Waals surface area contributed by atoms with Gasteiger partial charge in [-0.2, -0.15) is 0 Å². The molecule has 1 aromatic heterocycles. The van der Waals surface area contributed by atoms with Crippen LogP contribution >= 0.6 is 12.4 Å². The normalized spacial score (nSPS) is 18.5. The van der Waals surface area contributed by atoms with Crippen LogP contribution in [0.1, 0.15) is 88.0 Å². The molecule has 5 nitrogen and oxygen atoms in total. The molecule has 6 heteroatoms. The fourth-order valence-electron chi connectivity index (χ4n) is 7.21. The number of aliphatic imine (C=N–C) groups is 2. The van der Waals surface area contributed by atoms with Gasteiger partial charge in [0, 0.05) is 36.8 Å². The second-order valence-electron chi connectivity index (χ2n) is 11.3. The molecule has 0 saturated heterocycles. The number of hydrogen-bond acceptors (Lipinski definition) is 4. The van der Waals surface area contributed by atoms with Gasteiger partial charge >= 0.3 is 0 Å². The molecule has 6 rings (SSSR count). The third kappa shape index (κ3) is 4.61. The monoisotopic (exact) mass is 595 g/mol. The summed E-state index contributed by atoms with van der Waals surface area (Å²) in [6.07, 6.45) is 12.5. The first kappa shape index (κ1) is 30.9. The van der Waals surface area contributed by atoms with Crippen molar-refractivity contribution in [3.63, 3.8) is 0 Å². The third-order valence-corrected chi connectivity index (χ3v) is 9.39. The minimum atomic E-state index is -1.10. The van der Waals surface area contributed by atoms with E-state index in [0.29, 0.717) is 0 Å². The van der Waals surface area contributed by atoms with Crippen LogP contribution in [0.5, 0.6) is 0 Å². The van der Waals surface area contributed by atoms with Crippen LogP contribution in [0.3, 0.4) is 0 Å². The summed E-state index contributed by atoms with van der Waals surface area (Å²) in [6, 6.07) is 8.45. The molecule has 0 unspecified atom stereocenters. The molecular formula is C37H42ClN3O2. The molecule has 0 amide bonds. The van der Waals surface area contributed by atoms with E-state index in [1.54, 1.807) is 14.2 Å². The Morgan fingerprint density at radius 1 is 0.651 bits per heavy atom. The molecule has 8 bridgehead atoms. The smallest absolute Gasteiger partial charge is 0.223 e. The molecule has 43 heavy (non-hydrogen) atoms. The molecule has 1 aliphatic carbocycles. The Bertz CT molecular complexity index is 1630. The van der Waals surface area contributed by atoms with Crippen molar-refractivity contribution < 1.29 is 9.47 Å². The number of rotatable bonds is 6. The van der Waals surface area contributed by atoms with E-state index in [9.17, 15) is 0 Å². The number of benzene rings is 1. The fraction of sp³-hybridized carbons (Fsp3) is 0.351. The number of aromatic amines is 1. The Labute approximate surface area is 262 Å². The maximum Gasteiger partial charge on any atom is 0.223 e. The third-order valence-electron chi connectivity index (χ3n) is 9.39. The molecule has 0 saturated carbocycles. The summed E-state index contributed by atoms with van der Waals surface area (Å²) in [6.45, 7) is 13.3. The Kier molecular flexibility index (Phi) is 8.54. The van der Waals surface area contributed by atoms with E-state index in [1.165, 1.54) is 33.4 Å². The second-order valence-corrected chi connectivity index (χ2v) is 11.3. The van der Waals surface area contributed by atoms with Crippen LogP contribution in [0, 0.1) is 0 Å². The minimum Gasteiger partial charge on any atom is -0.355 e. The van der Waals surface area contributed by atoms with Gasteiger partial charge in [0.15, 0.2) is 0 Å². The minimum absolute atomic E-state index is 0. The van der Waals surface area contributed by atoms with Gasteiger partial charge in [-0.05, 0) is 108 Å². The first-order chi connectivity index (χ1) is 20.3. The van der Waals surface area contributed by atoms with Crippen molar-refractivity contribution in [2.24, 2.45) is 9.98 Å². The number of nitrogens with one attached hydrogen (secondary N) is 1. The lowest BCUT2D eigenvalue weighted by atomic mass is 9.96. The predicted octanol–water partition coefficient (Wildman–Crippen LogP) is 9.09. The van der Waals surface area contributed by atoms with E-state index in [0.717, 1.165) is 82.2 Å². The van der Waals surface area contributed by atoms with Crippen molar-refractivity contribution in [2.75, 3.05) is 14.2 Å². The molecule has 0 radical (unpaired) electrons. The molecule has 1 N–H and O–H groups in total. The van der Waals surface area contributed by atoms with Crippen LogP contribution in [0.25, 0.3) is 23.3 Å². The number of hydrogen-bond donors (Lipinski definition) is 1. The summed E-state index contributed by atoms with van der Waals surface area (Å²) in [5, 5.41) is 0. The summed E-state index contributed by atoms with van der Waals surface area (Å²) >= 11 is 0. The first-order valence-electron chi connectivity index (χ1n) is 15.2. The zero-order valence-electron chi connectivity index (χ0n) is 26.6. The van der Waals surface area contributed by atoms with Crippen LogP contribution < -0.4 is 0 Å². The van der Waals surface area contributed by atoms with E-state index in [2.05, 4.69) is 95.1 Å². The highest BCUT2D eigenvalue weighted by Gasteiger charge is 2.48. The number of fused-ring (bicyclic) bond motifs is 9. The standard InChI is InChI=1S/C37H41N3O2.ClH/c1-9-23-21(5)31-17-29-27-15-13-14-16-28(27)30(37(29,41-7)42-8)18-32-22(6)24(10-2)34(39-32)20-36-26(12-4)25(11-3)35(40-36)19-33(23)38-31;/h13-20,40H,9-12H2,1-8H3;1H. The number of nitrogens with zero attached hydrogens (tertiary/aromatic N) is 2. The molecule has 224 valence electrons. The Morgan fingerprint density at radius 2 is 1.07 bits per heavy atom. The van der Waals surface area contributed by atoms with Gasteiger partial charge in [0.25, 0.3) is 0 Å². The summed E-state index contributed by atoms with van der Waals surface area (Å²) in [5.41, 5.74) is 17.9. The SMILES string of the molecule is CCC1=C(C)C2=NC1=Cc1[nH]c(c(CC)c1CC)C=C1N=C(C=C3c4ccccc4C(=C2)C3(OC)OC)C(C)=C1CC.Cl. The number of aromatic nitrogens is 1. The average molecular weight is 596 g/mol. The molecule has 0 atom stereocenters. The van der Waals surface area contributed by atoms with Gasteiger partial charge in [-0.3, -0.25) is 0 Å². The zero-order valence-corrected chi connectivity index (χ0v) is 27.4. The number of methoxy groups -OCH3 is 2. The second kappa shape index (κ2) is 11.9. The predicted molar refractivity (Wildman–Crippen MR) is 183 cm³/mol. The number of allylic oxidation sites excluding steroid dienone is 6. The van der Waals surface area contributed by atoms with E-state index in [4.69, 9.17) is 19.5 Å². The van der Waals surface area contributed by atoms with Crippen molar-refractivity contribution >= 4 is 47.1 Å². The summed E-state index contributed by atoms with van der Waals surface area (Å²) < 4.78 is 12.7. The van der Waals surface area contributed by atoms with Crippen LogP contribution in [0.15, 0.2) is 80.1 Å². The van der Waals surface area contributed by atoms with Crippen molar-refractivity contribution in [1.29, 1.82) is 0 Å². The number of H-pyrrole nitrogens is 1. The van der Waals surface area contributed by atoms with E-state index in [1.807, 2.05) is 0 Å². The van der Waals surface area contributed by atoms with Gasteiger partial charge in [-0.25, -0.2) is 9.98 Å². The van der Waals surface area contributed by atoms with Crippen molar-refractivity contribution in [1.82, 2.24) is 4.98 Å². The van der Waals surface area contributed by atoms with Crippen molar-refractivity contribution in [2.45, 2.75) is 73.0 Å². The lowest BCUT2D eigenvalue weighted by molar-refractivity contribution is -0.114. The highest BCUT2D eigenvalue weighted by atomic mass is 35.5. The lowest BCUT2D eigenvalue weighted by Crippen LogP contribution is -2.33. The Hall–Kier alpha value is -3.51. The van der Waals surface area contributed by atoms with Crippen molar-refractivity contribution in [3.05, 3.63) is 104 Å². The highest BCUT2D eigenvalue weighted by Crippen LogP contribution is 2.52. The van der Waals surface area contributed by atoms with E-state index >= 15 is 0 Å². The van der Waals surface area contributed by atoms with Gasteiger partial charge in [0.05, 0.1) is 22.8 Å². The van der Waals surface area contributed by atoms with Gasteiger partial charge in [-0.1, -0.05) is 52.0 Å². The molecule has 0 spiro atoms. The Morgan fingerprint density at radius 3 is 1.42 bits per heavy atom. The topological polar surface area (TPSA) is 59.0 Å². The maximum absolute atomic E-state index is 6.34. The number of ether oxygens (including phenoxy) is 2. The van der Waals surface area contributed by atoms with Crippen LogP contribution in [-0.4, -0.2) is 36.4 Å². The number of halogens is 1. The van der Waals surface area contributed by atoms with Gasteiger partial charge in [0.1, 0.15) is 0 Å². The molecule has 4 heterocycles. The quantitative estimate of drug-likeness (QED) is 0.339. The zero-order chi connectivity index (χ0) is 29.8. The molecule has 3 aliphatic heterocycles. The highest BCUT2D eigenvalue weighted by molar-refractivity contribution is 6.21.